The number of aryl methyl sites for hydroxylation is 1. The van der Waals surface area contributed by atoms with Gasteiger partial charge in [-0.1, -0.05) is 6.07 Å². The summed E-state index contributed by atoms with van der Waals surface area (Å²) >= 11 is 1.02. The molecule has 0 spiro atoms. The SMILES string of the molecule is Cc1cccc(Oc2ccc(N3C(=O)Nc4c(C(=O)O)sc5nccc3c45)nc2)n1. The lowest BCUT2D eigenvalue weighted by atomic mass is 10.1. The fourth-order valence-electron chi connectivity index (χ4n) is 3.22. The van der Waals surface area contributed by atoms with Gasteiger partial charge in [-0.05, 0) is 31.2 Å². The highest BCUT2D eigenvalue weighted by Gasteiger charge is 2.33. The van der Waals surface area contributed by atoms with E-state index in [-0.39, 0.29) is 10.6 Å². The molecule has 30 heavy (non-hydrogen) atoms. The molecule has 1 aliphatic heterocycles. The van der Waals surface area contributed by atoms with E-state index in [0.717, 1.165) is 17.0 Å². The van der Waals surface area contributed by atoms with Crippen LogP contribution in [0.25, 0.3) is 10.2 Å². The Labute approximate surface area is 173 Å². The van der Waals surface area contributed by atoms with Crippen molar-refractivity contribution in [3.63, 3.8) is 0 Å². The van der Waals surface area contributed by atoms with Gasteiger partial charge >= 0.3 is 12.0 Å². The highest BCUT2D eigenvalue weighted by Crippen LogP contribution is 2.45. The van der Waals surface area contributed by atoms with Gasteiger partial charge in [0.25, 0.3) is 0 Å². The van der Waals surface area contributed by atoms with Crippen molar-refractivity contribution in [2.75, 3.05) is 10.2 Å². The topological polar surface area (TPSA) is 118 Å². The number of hydrogen-bond donors (Lipinski definition) is 2. The van der Waals surface area contributed by atoms with Gasteiger partial charge < -0.3 is 15.2 Å². The van der Waals surface area contributed by atoms with Gasteiger partial charge in [-0.25, -0.2) is 29.4 Å². The van der Waals surface area contributed by atoms with Crippen LogP contribution in [0.4, 0.5) is 22.0 Å². The molecule has 4 aromatic heterocycles. The smallest absolute Gasteiger partial charge is 0.348 e. The van der Waals surface area contributed by atoms with Gasteiger partial charge in [0.15, 0.2) is 0 Å². The first kappa shape index (κ1) is 18.0. The first-order valence-electron chi connectivity index (χ1n) is 8.85. The zero-order valence-electron chi connectivity index (χ0n) is 15.5. The molecule has 0 bridgehead atoms. The molecule has 0 unspecified atom stereocenters. The zero-order valence-corrected chi connectivity index (χ0v) is 16.3. The number of rotatable bonds is 4. The van der Waals surface area contributed by atoms with E-state index in [0.29, 0.717) is 33.4 Å². The Bertz CT molecular complexity index is 1320. The van der Waals surface area contributed by atoms with Crippen LogP contribution in [0, 0.1) is 6.92 Å². The summed E-state index contributed by atoms with van der Waals surface area (Å²) in [6.07, 6.45) is 3.03. The average Bonchev–Trinajstić information content (AvgIpc) is 3.09. The number of anilines is 3. The summed E-state index contributed by atoms with van der Waals surface area (Å²) in [6, 6.07) is 9.94. The Hall–Kier alpha value is -4.05. The number of carboxylic acids is 1. The van der Waals surface area contributed by atoms with Gasteiger partial charge in [0.05, 0.1) is 23.0 Å². The third-order valence-electron chi connectivity index (χ3n) is 4.48. The summed E-state index contributed by atoms with van der Waals surface area (Å²) < 4.78 is 5.71. The normalized spacial score (nSPS) is 12.7. The molecule has 0 aliphatic carbocycles. The predicted molar refractivity (Wildman–Crippen MR) is 111 cm³/mol. The number of urea groups is 1. The van der Waals surface area contributed by atoms with Crippen LogP contribution in [0.1, 0.15) is 15.4 Å². The van der Waals surface area contributed by atoms with Crippen molar-refractivity contribution in [2.24, 2.45) is 0 Å². The van der Waals surface area contributed by atoms with Crippen molar-refractivity contribution in [1.82, 2.24) is 15.0 Å². The van der Waals surface area contributed by atoms with Gasteiger partial charge in [-0.15, -0.1) is 11.3 Å². The summed E-state index contributed by atoms with van der Waals surface area (Å²) in [5.41, 5.74) is 1.61. The number of aromatic nitrogens is 3. The Morgan fingerprint density at radius 3 is 2.80 bits per heavy atom. The number of carbonyl (C=O) groups excluding carboxylic acids is 1. The van der Waals surface area contributed by atoms with Crippen molar-refractivity contribution in [3.8, 4) is 11.6 Å². The number of nitrogens with one attached hydrogen (secondary N) is 1. The quantitative estimate of drug-likeness (QED) is 0.497. The molecule has 2 amide bonds. The molecule has 0 fully saturated rings. The number of nitrogens with zero attached hydrogens (tertiary/aromatic N) is 4. The van der Waals surface area contributed by atoms with Crippen LogP contribution < -0.4 is 15.0 Å². The average molecular weight is 419 g/mol. The second-order valence-electron chi connectivity index (χ2n) is 6.46. The molecular formula is C20H13N5O4S. The van der Waals surface area contributed by atoms with Crippen molar-refractivity contribution in [1.29, 1.82) is 0 Å². The van der Waals surface area contributed by atoms with Crippen LogP contribution in [-0.2, 0) is 0 Å². The Balaban J connectivity index is 1.52. The number of carbonyl (C=O) groups is 2. The molecule has 0 atom stereocenters. The van der Waals surface area contributed by atoms with Crippen molar-refractivity contribution >= 4 is 50.7 Å². The molecule has 0 saturated carbocycles. The first-order chi connectivity index (χ1) is 14.5. The number of pyridine rings is 3. The van der Waals surface area contributed by atoms with Gasteiger partial charge in [0.2, 0.25) is 5.88 Å². The van der Waals surface area contributed by atoms with Crippen LogP contribution in [0.5, 0.6) is 11.6 Å². The molecule has 2 N–H and O–H groups in total. The number of amides is 2. The Kier molecular flexibility index (Phi) is 4.07. The standard InChI is InChI=1S/C20H13N5O4S/c1-10-3-2-4-14(23-10)29-11-5-6-13(22-9-11)25-12-7-8-21-18-15(12)16(24-20(25)28)17(30-18)19(26)27/h2-9H,1H3,(H,24,28)(H,26,27). The molecule has 0 saturated heterocycles. The lowest BCUT2D eigenvalue weighted by molar-refractivity contribution is 0.0703. The van der Waals surface area contributed by atoms with Crippen LogP contribution >= 0.6 is 11.3 Å². The minimum atomic E-state index is -1.11. The monoisotopic (exact) mass is 419 g/mol. The maximum absolute atomic E-state index is 12.8. The number of thiophene rings is 1. The van der Waals surface area contributed by atoms with Gasteiger partial charge in [0, 0.05) is 18.0 Å². The second-order valence-corrected chi connectivity index (χ2v) is 7.46. The van der Waals surface area contributed by atoms with E-state index >= 15 is 0 Å². The van der Waals surface area contributed by atoms with Gasteiger partial charge in [-0.3, -0.25) is 0 Å². The summed E-state index contributed by atoms with van der Waals surface area (Å²) in [7, 11) is 0. The number of aromatic carboxylic acids is 1. The number of carboxylic acid groups (broad SMARTS) is 1. The second kappa shape index (κ2) is 6.78. The van der Waals surface area contributed by atoms with Crippen molar-refractivity contribution < 1.29 is 19.4 Å². The fourth-order valence-corrected chi connectivity index (χ4v) is 4.18. The van der Waals surface area contributed by atoms with E-state index in [1.165, 1.54) is 17.3 Å². The first-order valence-corrected chi connectivity index (χ1v) is 9.66. The van der Waals surface area contributed by atoms with Crippen LogP contribution in [0.15, 0.2) is 48.8 Å². The molecule has 4 aromatic rings. The summed E-state index contributed by atoms with van der Waals surface area (Å²) in [6.45, 7) is 1.87. The van der Waals surface area contributed by atoms with E-state index in [2.05, 4.69) is 20.3 Å². The third-order valence-corrected chi connectivity index (χ3v) is 5.56. The molecule has 148 valence electrons. The van der Waals surface area contributed by atoms with Crippen molar-refractivity contribution in [2.45, 2.75) is 6.92 Å². The Morgan fingerprint density at radius 2 is 2.07 bits per heavy atom. The molecule has 10 heteroatoms. The maximum Gasteiger partial charge on any atom is 0.348 e. The van der Waals surface area contributed by atoms with Gasteiger partial charge in [-0.2, -0.15) is 0 Å². The molecule has 5 heterocycles. The maximum atomic E-state index is 12.8. The number of hydrogen-bond acceptors (Lipinski definition) is 7. The third kappa shape index (κ3) is 2.90. The highest BCUT2D eigenvalue weighted by molar-refractivity contribution is 7.21. The van der Waals surface area contributed by atoms with Gasteiger partial charge in [0.1, 0.15) is 21.3 Å². The zero-order chi connectivity index (χ0) is 20.8. The van der Waals surface area contributed by atoms with E-state index in [4.69, 9.17) is 4.74 Å². The fraction of sp³-hybridized carbons (Fsp3) is 0.0500. The summed E-state index contributed by atoms with van der Waals surface area (Å²) in [5, 5.41) is 12.7. The minimum Gasteiger partial charge on any atom is -0.477 e. The summed E-state index contributed by atoms with van der Waals surface area (Å²) in [4.78, 5) is 39.2. The van der Waals surface area contributed by atoms with Crippen molar-refractivity contribution in [3.05, 3.63) is 59.4 Å². The van der Waals surface area contributed by atoms with E-state index in [9.17, 15) is 14.7 Å². The molecule has 1 aliphatic rings. The summed E-state index contributed by atoms with van der Waals surface area (Å²) in [5.74, 6) is 0.161. The molecular weight excluding hydrogens is 406 g/mol. The van der Waals surface area contributed by atoms with E-state index in [1.54, 1.807) is 24.3 Å². The lowest BCUT2D eigenvalue weighted by Gasteiger charge is -2.27. The number of ether oxygens (including phenoxy) is 1. The van der Waals surface area contributed by atoms with E-state index < -0.39 is 12.0 Å². The highest BCUT2D eigenvalue weighted by atomic mass is 32.1. The minimum absolute atomic E-state index is 0.0420. The molecule has 5 rings (SSSR count). The van der Waals surface area contributed by atoms with Crippen LogP contribution in [0.2, 0.25) is 0 Å². The lowest BCUT2D eigenvalue weighted by Crippen LogP contribution is -2.34. The van der Waals surface area contributed by atoms with Crippen LogP contribution in [-0.4, -0.2) is 32.1 Å². The molecule has 0 radical (unpaired) electrons. The van der Waals surface area contributed by atoms with E-state index in [1.807, 2.05) is 19.1 Å². The van der Waals surface area contributed by atoms with Crippen LogP contribution in [0.3, 0.4) is 0 Å². The predicted octanol–water partition coefficient (Wildman–Crippen LogP) is 4.57. The Morgan fingerprint density at radius 1 is 1.20 bits per heavy atom. The molecule has 9 nitrogen and oxygen atoms in total. The molecule has 0 aromatic carbocycles. The largest absolute Gasteiger partial charge is 0.477 e.